The lowest BCUT2D eigenvalue weighted by Gasteiger charge is -2.24. The van der Waals surface area contributed by atoms with Crippen molar-refractivity contribution in [1.82, 2.24) is 0 Å². The van der Waals surface area contributed by atoms with Crippen molar-refractivity contribution < 1.29 is 19.1 Å². The zero-order valence-corrected chi connectivity index (χ0v) is 14.8. The molecule has 0 amide bonds. The number of benzene rings is 2. The molecule has 128 valence electrons. The lowest BCUT2D eigenvalue weighted by Crippen LogP contribution is -2.40. The van der Waals surface area contributed by atoms with Crippen LogP contribution in [0, 0.1) is 5.41 Å². The first kappa shape index (κ1) is 16.4. The normalized spacial score (nSPS) is 26.8. The van der Waals surface area contributed by atoms with Crippen molar-refractivity contribution in [1.29, 1.82) is 0 Å². The van der Waals surface area contributed by atoms with Crippen LogP contribution in [0.25, 0.3) is 0 Å². The first-order chi connectivity index (χ1) is 12.0. The summed E-state index contributed by atoms with van der Waals surface area (Å²) in [6.07, 6.45) is -0.491. The van der Waals surface area contributed by atoms with E-state index in [1.165, 1.54) is 7.11 Å². The molecule has 0 N–H and O–H groups in total. The molecule has 0 radical (unpaired) electrons. The van der Waals surface area contributed by atoms with Gasteiger partial charge >= 0.3 is 11.9 Å². The van der Waals surface area contributed by atoms with Gasteiger partial charge < -0.3 is 9.47 Å². The minimum Gasteiger partial charge on any atom is -0.468 e. The number of hydrogen-bond acceptors (Lipinski definition) is 4. The van der Waals surface area contributed by atoms with E-state index in [2.05, 4.69) is 0 Å². The number of carbonyl (C=O) groups is 2. The van der Waals surface area contributed by atoms with E-state index in [1.807, 2.05) is 24.3 Å². The summed E-state index contributed by atoms with van der Waals surface area (Å²) in [4.78, 5) is 25.5. The van der Waals surface area contributed by atoms with Crippen molar-refractivity contribution in [2.24, 2.45) is 5.41 Å². The van der Waals surface area contributed by atoms with Crippen LogP contribution in [0.5, 0.6) is 0 Å². The predicted octanol–water partition coefficient (Wildman–Crippen LogP) is 4.09. The van der Waals surface area contributed by atoms with Crippen molar-refractivity contribution in [2.75, 3.05) is 7.11 Å². The van der Waals surface area contributed by atoms with Crippen LogP contribution in [-0.2, 0) is 25.5 Å². The molecule has 2 aromatic rings. The molecule has 0 saturated carbocycles. The fourth-order valence-electron chi connectivity index (χ4n) is 4.06. The zero-order valence-electron chi connectivity index (χ0n) is 13.3. The molecule has 1 saturated heterocycles. The smallest absolute Gasteiger partial charge is 0.325 e. The summed E-state index contributed by atoms with van der Waals surface area (Å²) in [7, 11) is 1.28. The molecular weight excluding hydrogens is 363 g/mol. The molecule has 6 heteroatoms. The summed E-state index contributed by atoms with van der Waals surface area (Å²) in [6, 6.07) is 12.7. The van der Waals surface area contributed by atoms with Gasteiger partial charge in [-0.3, -0.25) is 9.59 Å². The van der Waals surface area contributed by atoms with Crippen LogP contribution in [0.1, 0.15) is 28.7 Å². The average molecular weight is 377 g/mol. The lowest BCUT2D eigenvalue weighted by atomic mass is 9.74. The summed E-state index contributed by atoms with van der Waals surface area (Å²) < 4.78 is 10.6. The van der Waals surface area contributed by atoms with E-state index in [9.17, 15) is 9.59 Å². The number of cyclic esters (lactones) is 1. The van der Waals surface area contributed by atoms with E-state index in [0.717, 1.165) is 11.1 Å². The molecule has 4 nitrogen and oxygen atoms in total. The van der Waals surface area contributed by atoms with E-state index in [0.29, 0.717) is 15.6 Å². The number of hydrogen-bond donors (Lipinski definition) is 0. The number of esters is 2. The number of methoxy groups -OCH3 is 1. The Morgan fingerprint density at radius 2 is 1.84 bits per heavy atom. The molecule has 1 heterocycles. The molecule has 1 fully saturated rings. The van der Waals surface area contributed by atoms with E-state index in [1.54, 1.807) is 18.2 Å². The molecule has 0 aromatic heterocycles. The molecule has 2 aliphatic rings. The third-order valence-electron chi connectivity index (χ3n) is 5.13. The molecule has 0 spiro atoms. The first-order valence-electron chi connectivity index (χ1n) is 7.82. The van der Waals surface area contributed by atoms with Gasteiger partial charge in [-0.05, 0) is 23.3 Å². The fourth-order valence-corrected chi connectivity index (χ4v) is 4.67. The van der Waals surface area contributed by atoms with Crippen molar-refractivity contribution in [2.45, 2.75) is 18.4 Å². The van der Waals surface area contributed by atoms with E-state index >= 15 is 0 Å². The van der Waals surface area contributed by atoms with E-state index in [4.69, 9.17) is 32.7 Å². The Balaban J connectivity index is 1.95. The molecule has 1 aliphatic heterocycles. The van der Waals surface area contributed by atoms with Crippen LogP contribution in [0.3, 0.4) is 0 Å². The summed E-state index contributed by atoms with van der Waals surface area (Å²) in [5.74, 6) is -1.72. The Kier molecular flexibility index (Phi) is 3.78. The standard InChI is InChI=1S/C19H14Cl2O4/c1-24-17(22)19-9-10-5-2-3-6-11(10)15(19)16(25-18(19)23)14-12(20)7-4-8-13(14)21/h2-8,15-16H,9H2,1H3/t15-,16+,19-/m0/s1. The first-order valence-corrected chi connectivity index (χ1v) is 8.57. The summed E-state index contributed by atoms with van der Waals surface area (Å²) in [6.45, 7) is 0. The number of halogens is 2. The second-order valence-corrected chi connectivity index (χ2v) is 7.09. The maximum Gasteiger partial charge on any atom is 0.325 e. The maximum atomic E-state index is 12.8. The molecule has 3 atom stereocenters. The van der Waals surface area contributed by atoms with Crippen molar-refractivity contribution in [3.63, 3.8) is 0 Å². The molecule has 2 aromatic carbocycles. The number of carbonyl (C=O) groups excluding carboxylic acids is 2. The van der Waals surface area contributed by atoms with Gasteiger partial charge in [-0.2, -0.15) is 0 Å². The quantitative estimate of drug-likeness (QED) is 0.584. The summed E-state index contributed by atoms with van der Waals surface area (Å²) in [5.41, 5.74) is 0.945. The predicted molar refractivity (Wildman–Crippen MR) is 92.6 cm³/mol. The maximum absolute atomic E-state index is 12.8. The highest BCUT2D eigenvalue weighted by molar-refractivity contribution is 6.36. The monoisotopic (exact) mass is 376 g/mol. The number of rotatable bonds is 2. The average Bonchev–Trinajstić information content (AvgIpc) is 3.08. The molecular formula is C19H14Cl2O4. The zero-order chi connectivity index (χ0) is 17.8. The number of ether oxygens (including phenoxy) is 2. The van der Waals surface area contributed by atoms with Gasteiger partial charge in [0.2, 0.25) is 0 Å². The van der Waals surface area contributed by atoms with Crippen LogP contribution in [0.4, 0.5) is 0 Å². The van der Waals surface area contributed by atoms with E-state index in [-0.39, 0.29) is 6.42 Å². The lowest BCUT2D eigenvalue weighted by molar-refractivity contribution is -0.163. The minimum absolute atomic E-state index is 0.248. The fraction of sp³-hybridized carbons (Fsp3) is 0.263. The van der Waals surface area contributed by atoms with Crippen LogP contribution < -0.4 is 0 Å². The van der Waals surface area contributed by atoms with Gasteiger partial charge in [-0.25, -0.2) is 0 Å². The van der Waals surface area contributed by atoms with Gasteiger partial charge in [0, 0.05) is 22.0 Å². The second kappa shape index (κ2) is 5.75. The van der Waals surface area contributed by atoms with Crippen molar-refractivity contribution in [3.8, 4) is 0 Å². The number of fused-ring (bicyclic) bond motifs is 3. The second-order valence-electron chi connectivity index (χ2n) is 6.28. The van der Waals surface area contributed by atoms with Gasteiger partial charge in [0.05, 0.1) is 13.0 Å². The van der Waals surface area contributed by atoms with Crippen molar-refractivity contribution in [3.05, 3.63) is 69.2 Å². The highest BCUT2D eigenvalue weighted by Gasteiger charge is 2.67. The molecule has 0 unspecified atom stereocenters. The van der Waals surface area contributed by atoms with Gasteiger partial charge in [-0.1, -0.05) is 53.5 Å². The summed E-state index contributed by atoms with van der Waals surface area (Å²) in [5, 5.41) is 0.797. The SMILES string of the molecule is COC(=O)[C@]12Cc3ccccc3[C@H]1[C@@H](c1c(Cl)cccc1Cl)OC2=O. The van der Waals surface area contributed by atoms with Crippen LogP contribution in [0.15, 0.2) is 42.5 Å². The molecule has 25 heavy (non-hydrogen) atoms. The van der Waals surface area contributed by atoms with Gasteiger partial charge in [0.1, 0.15) is 6.10 Å². The molecule has 1 aliphatic carbocycles. The molecule has 0 bridgehead atoms. The van der Waals surface area contributed by atoms with Crippen LogP contribution in [-0.4, -0.2) is 19.0 Å². The van der Waals surface area contributed by atoms with Crippen LogP contribution >= 0.6 is 23.2 Å². The Morgan fingerprint density at radius 1 is 1.16 bits per heavy atom. The van der Waals surface area contributed by atoms with Gasteiger partial charge in [0.25, 0.3) is 0 Å². The van der Waals surface area contributed by atoms with Gasteiger partial charge in [0.15, 0.2) is 5.41 Å². The van der Waals surface area contributed by atoms with Crippen molar-refractivity contribution >= 4 is 35.1 Å². The Morgan fingerprint density at radius 3 is 2.52 bits per heavy atom. The highest BCUT2D eigenvalue weighted by Crippen LogP contribution is 2.61. The van der Waals surface area contributed by atoms with Gasteiger partial charge in [-0.15, -0.1) is 0 Å². The summed E-state index contributed by atoms with van der Waals surface area (Å²) >= 11 is 12.7. The third-order valence-corrected chi connectivity index (χ3v) is 5.78. The Bertz CT molecular complexity index is 874. The Hall–Kier alpha value is -2.04. The highest BCUT2D eigenvalue weighted by atomic mass is 35.5. The Labute approximate surface area is 154 Å². The largest absolute Gasteiger partial charge is 0.468 e. The third kappa shape index (κ3) is 2.14. The molecule has 4 rings (SSSR count). The van der Waals surface area contributed by atoms with E-state index < -0.39 is 29.4 Å². The van der Waals surface area contributed by atoms with Crippen LogP contribution in [0.2, 0.25) is 10.0 Å². The topological polar surface area (TPSA) is 52.6 Å². The minimum atomic E-state index is -1.40.